The topological polar surface area (TPSA) is 61.9 Å². The van der Waals surface area contributed by atoms with Crippen LogP contribution in [0.5, 0.6) is 0 Å². The molecule has 1 fully saturated rings. The lowest BCUT2D eigenvalue weighted by Gasteiger charge is -2.19. The summed E-state index contributed by atoms with van der Waals surface area (Å²) in [5.41, 5.74) is 1.90. The summed E-state index contributed by atoms with van der Waals surface area (Å²) in [5, 5.41) is 19.0. The lowest BCUT2D eigenvalue weighted by molar-refractivity contribution is 0.146. The molecule has 2 heterocycles. The van der Waals surface area contributed by atoms with Gasteiger partial charge in [0.15, 0.2) is 0 Å². The first-order valence-electron chi connectivity index (χ1n) is 9.58. The second kappa shape index (κ2) is 8.24. The predicted octanol–water partition coefficient (Wildman–Crippen LogP) is 4.65. The first-order chi connectivity index (χ1) is 14.0. The van der Waals surface area contributed by atoms with Gasteiger partial charge in [-0.15, -0.1) is 0 Å². The molecule has 1 aliphatic heterocycles. The molecule has 4 rings (SSSR count). The molecule has 0 spiro atoms. The van der Waals surface area contributed by atoms with Gasteiger partial charge in [-0.05, 0) is 38.1 Å². The fourth-order valence-electron chi connectivity index (χ4n) is 3.66. The van der Waals surface area contributed by atoms with Crippen LogP contribution in [-0.2, 0) is 0 Å². The van der Waals surface area contributed by atoms with Gasteiger partial charge in [-0.3, -0.25) is 0 Å². The number of halogens is 3. The van der Waals surface area contributed by atoms with E-state index in [9.17, 15) is 13.2 Å². The molecule has 2 atom stereocenters. The molecule has 1 saturated heterocycles. The highest BCUT2D eigenvalue weighted by molar-refractivity contribution is 5.92. The quantitative estimate of drug-likeness (QED) is 0.561. The van der Waals surface area contributed by atoms with Crippen LogP contribution < -0.4 is 16.0 Å². The van der Waals surface area contributed by atoms with Gasteiger partial charge in [0.25, 0.3) is 6.43 Å². The molecule has 3 aromatic rings. The fraction of sp³-hybridized carbons (Fsp3) is 0.333. The molecule has 0 aliphatic carbocycles. The third-order valence-corrected chi connectivity index (χ3v) is 5.20. The minimum atomic E-state index is -2.86. The molecule has 0 saturated carbocycles. The Labute approximate surface area is 166 Å². The van der Waals surface area contributed by atoms with Crippen molar-refractivity contribution in [2.75, 3.05) is 23.7 Å². The van der Waals surface area contributed by atoms with Gasteiger partial charge in [-0.1, -0.05) is 18.2 Å². The first kappa shape index (κ1) is 19.4. The number of nitrogens with one attached hydrogen (secondary N) is 3. The van der Waals surface area contributed by atoms with E-state index in [0.717, 1.165) is 36.7 Å². The van der Waals surface area contributed by atoms with E-state index in [1.165, 1.54) is 12.1 Å². The van der Waals surface area contributed by atoms with E-state index in [2.05, 4.69) is 26.1 Å². The van der Waals surface area contributed by atoms with Gasteiger partial charge >= 0.3 is 0 Å². The molecule has 3 N–H and O–H groups in total. The van der Waals surface area contributed by atoms with E-state index in [1.54, 1.807) is 13.1 Å². The number of benzene rings is 2. The summed E-state index contributed by atoms with van der Waals surface area (Å²) < 4.78 is 40.6. The zero-order chi connectivity index (χ0) is 20.4. The Morgan fingerprint density at radius 2 is 2.00 bits per heavy atom. The summed E-state index contributed by atoms with van der Waals surface area (Å²) in [4.78, 5) is 0. The number of aromatic nitrogens is 2. The summed E-state index contributed by atoms with van der Waals surface area (Å²) in [6.45, 7) is 3.63. The van der Waals surface area contributed by atoms with Crippen LogP contribution in [-0.4, -0.2) is 29.3 Å². The van der Waals surface area contributed by atoms with Crippen LogP contribution in [0.4, 0.5) is 24.5 Å². The van der Waals surface area contributed by atoms with Crippen LogP contribution in [0.3, 0.4) is 0 Å². The van der Waals surface area contributed by atoms with E-state index in [1.807, 2.05) is 18.2 Å². The van der Waals surface area contributed by atoms with Crippen molar-refractivity contribution >= 4 is 22.3 Å². The number of alkyl halides is 2. The Kier molecular flexibility index (Phi) is 5.53. The van der Waals surface area contributed by atoms with Crippen molar-refractivity contribution < 1.29 is 13.2 Å². The smallest absolute Gasteiger partial charge is 0.266 e. The van der Waals surface area contributed by atoms with Crippen LogP contribution in [0.2, 0.25) is 0 Å². The van der Waals surface area contributed by atoms with Crippen molar-refractivity contribution in [3.05, 3.63) is 59.5 Å². The summed E-state index contributed by atoms with van der Waals surface area (Å²) in [7, 11) is 0. The summed E-state index contributed by atoms with van der Waals surface area (Å²) in [5.74, 6) is -0.884. The van der Waals surface area contributed by atoms with Gasteiger partial charge in [0, 0.05) is 29.2 Å². The van der Waals surface area contributed by atoms with E-state index in [4.69, 9.17) is 0 Å². The Morgan fingerprint density at radius 3 is 2.76 bits per heavy atom. The Morgan fingerprint density at radius 1 is 1.17 bits per heavy atom. The van der Waals surface area contributed by atoms with Crippen LogP contribution in [0, 0.1) is 5.82 Å². The first-order valence-corrected chi connectivity index (χ1v) is 9.58. The maximum absolute atomic E-state index is 14.5. The minimum absolute atomic E-state index is 0.180. The molecule has 0 bridgehead atoms. The molecule has 1 aromatic heterocycles. The van der Waals surface area contributed by atoms with E-state index < -0.39 is 23.8 Å². The van der Waals surface area contributed by atoms with Gasteiger partial charge < -0.3 is 16.0 Å². The van der Waals surface area contributed by atoms with Crippen LogP contribution >= 0.6 is 0 Å². The molecule has 0 radical (unpaired) electrons. The van der Waals surface area contributed by atoms with Gasteiger partial charge in [-0.25, -0.2) is 13.2 Å². The highest BCUT2D eigenvalue weighted by atomic mass is 19.3. The summed E-state index contributed by atoms with van der Waals surface area (Å²) in [6.07, 6.45) is -0.243. The van der Waals surface area contributed by atoms with Crippen LogP contribution in [0.15, 0.2) is 42.6 Å². The number of anilines is 2. The molecular weight excluding hydrogens is 379 g/mol. The van der Waals surface area contributed by atoms with Gasteiger partial charge in [0.05, 0.1) is 29.0 Å². The molecule has 29 heavy (non-hydrogen) atoms. The second-order valence-corrected chi connectivity index (χ2v) is 7.24. The molecule has 152 valence electrons. The van der Waals surface area contributed by atoms with Gasteiger partial charge in [-0.2, -0.15) is 10.2 Å². The maximum atomic E-state index is 14.5. The second-order valence-electron chi connectivity index (χ2n) is 7.24. The maximum Gasteiger partial charge on any atom is 0.266 e. The highest BCUT2D eigenvalue weighted by Crippen LogP contribution is 2.31. The average Bonchev–Trinajstić information content (AvgIpc) is 3.21. The standard InChI is InChI=1S/C21H22F3N5/c1-12(15-3-2-4-16(20(15)22)21(23)24)27-19-11-26-29-18-6-5-13(9-17(18)19)28-14-7-8-25-10-14/h2-6,9,11-12,14,21,25,28H,7-8,10H2,1H3,(H,27,29)/t12-,14-/m1/s1. The van der Waals surface area contributed by atoms with Crippen LogP contribution in [0.25, 0.3) is 10.9 Å². The average molecular weight is 401 g/mol. The molecule has 8 heteroatoms. The fourth-order valence-corrected chi connectivity index (χ4v) is 3.66. The molecule has 1 aliphatic rings. The summed E-state index contributed by atoms with van der Waals surface area (Å²) >= 11 is 0. The van der Waals surface area contributed by atoms with Gasteiger partial charge in [0.2, 0.25) is 0 Å². The molecule has 0 amide bonds. The number of fused-ring (bicyclic) bond motifs is 1. The minimum Gasteiger partial charge on any atom is -0.381 e. The van der Waals surface area contributed by atoms with Crippen molar-refractivity contribution in [2.45, 2.75) is 31.9 Å². The number of nitrogens with zero attached hydrogens (tertiary/aromatic N) is 2. The zero-order valence-electron chi connectivity index (χ0n) is 15.9. The molecule has 5 nitrogen and oxygen atoms in total. The Hall–Kier alpha value is -2.87. The van der Waals surface area contributed by atoms with E-state index in [-0.39, 0.29) is 5.56 Å². The lowest BCUT2D eigenvalue weighted by atomic mass is 10.0. The normalized spacial score (nSPS) is 17.6. The Balaban J connectivity index is 1.62. The predicted molar refractivity (Wildman–Crippen MR) is 108 cm³/mol. The number of hydrogen-bond acceptors (Lipinski definition) is 5. The SMILES string of the molecule is C[C@@H](Nc1cnnc2ccc(N[C@@H]3CCNC3)cc12)c1cccc(C(F)F)c1F. The summed E-state index contributed by atoms with van der Waals surface area (Å²) in [6, 6.07) is 9.70. The van der Waals surface area contributed by atoms with Gasteiger partial charge in [0.1, 0.15) is 5.82 Å². The third kappa shape index (κ3) is 4.12. The number of rotatable bonds is 6. The third-order valence-electron chi connectivity index (χ3n) is 5.20. The lowest BCUT2D eigenvalue weighted by Crippen LogP contribution is -2.22. The molecule has 0 unspecified atom stereocenters. The Bertz CT molecular complexity index is 1000. The highest BCUT2D eigenvalue weighted by Gasteiger charge is 2.20. The zero-order valence-corrected chi connectivity index (χ0v) is 15.9. The number of hydrogen-bond donors (Lipinski definition) is 3. The van der Waals surface area contributed by atoms with Crippen molar-refractivity contribution in [2.24, 2.45) is 0 Å². The molecule has 2 aromatic carbocycles. The van der Waals surface area contributed by atoms with Crippen LogP contribution in [0.1, 0.15) is 36.9 Å². The van der Waals surface area contributed by atoms with Crippen molar-refractivity contribution in [1.82, 2.24) is 15.5 Å². The van der Waals surface area contributed by atoms with Crippen molar-refractivity contribution in [3.8, 4) is 0 Å². The monoisotopic (exact) mass is 401 g/mol. The van der Waals surface area contributed by atoms with Crippen molar-refractivity contribution in [3.63, 3.8) is 0 Å². The van der Waals surface area contributed by atoms with E-state index >= 15 is 0 Å². The van der Waals surface area contributed by atoms with E-state index in [0.29, 0.717) is 17.2 Å². The molecular formula is C21H22F3N5. The largest absolute Gasteiger partial charge is 0.381 e. The van der Waals surface area contributed by atoms with Crippen molar-refractivity contribution in [1.29, 1.82) is 0 Å².